The van der Waals surface area contributed by atoms with Crippen LogP contribution >= 0.6 is 0 Å². The number of rotatable bonds is 5. The molecule has 164 valence electrons. The van der Waals surface area contributed by atoms with E-state index >= 15 is 0 Å². The molecule has 1 heterocycles. The molecule has 0 saturated carbocycles. The van der Waals surface area contributed by atoms with Crippen LogP contribution in [0.3, 0.4) is 0 Å². The van der Waals surface area contributed by atoms with Crippen LogP contribution in [0, 0.1) is 6.92 Å². The summed E-state index contributed by atoms with van der Waals surface area (Å²) in [6.45, 7) is 2.64. The number of benzene rings is 2. The zero-order chi connectivity index (χ0) is 22.6. The SMILES string of the molecule is Cc1ccc(C(=O)CCC(=O)N2CCN(C(=O)c3ccccc3C(F)(F)F)CC2)cc1. The zero-order valence-electron chi connectivity index (χ0n) is 17.1. The molecule has 0 N–H and O–H groups in total. The number of Topliss-reactive ketones (excluding diaryl/α,β-unsaturated/α-hetero) is 1. The lowest BCUT2D eigenvalue weighted by Gasteiger charge is -2.35. The van der Waals surface area contributed by atoms with E-state index in [0.717, 1.165) is 11.6 Å². The molecule has 2 aromatic rings. The van der Waals surface area contributed by atoms with Crippen LogP contribution in [0.2, 0.25) is 0 Å². The number of aryl methyl sites for hydroxylation is 1. The number of carbonyl (C=O) groups excluding carboxylic acids is 3. The summed E-state index contributed by atoms with van der Waals surface area (Å²) in [4.78, 5) is 40.2. The number of ketones is 1. The lowest BCUT2D eigenvalue weighted by atomic mass is 10.0. The second-order valence-corrected chi connectivity index (χ2v) is 7.51. The van der Waals surface area contributed by atoms with Gasteiger partial charge in [0, 0.05) is 44.6 Å². The van der Waals surface area contributed by atoms with Gasteiger partial charge in [-0.15, -0.1) is 0 Å². The van der Waals surface area contributed by atoms with Crippen LogP contribution < -0.4 is 0 Å². The molecule has 0 aromatic heterocycles. The normalized spacial score (nSPS) is 14.5. The van der Waals surface area contributed by atoms with Gasteiger partial charge in [0.05, 0.1) is 11.1 Å². The third-order valence-electron chi connectivity index (χ3n) is 5.32. The van der Waals surface area contributed by atoms with Crippen LogP contribution in [0.1, 0.15) is 44.7 Å². The minimum Gasteiger partial charge on any atom is -0.339 e. The van der Waals surface area contributed by atoms with Crippen LogP contribution in [0.15, 0.2) is 48.5 Å². The van der Waals surface area contributed by atoms with Crippen LogP contribution in [0.4, 0.5) is 13.2 Å². The quantitative estimate of drug-likeness (QED) is 0.672. The Morgan fingerprint density at radius 2 is 1.42 bits per heavy atom. The number of carbonyl (C=O) groups is 3. The van der Waals surface area contributed by atoms with Crippen molar-refractivity contribution in [1.82, 2.24) is 9.80 Å². The van der Waals surface area contributed by atoms with Crippen molar-refractivity contribution in [3.8, 4) is 0 Å². The Morgan fingerprint density at radius 3 is 2.03 bits per heavy atom. The Morgan fingerprint density at radius 1 is 0.839 bits per heavy atom. The first-order valence-corrected chi connectivity index (χ1v) is 10.00. The van der Waals surface area contributed by atoms with E-state index in [9.17, 15) is 27.6 Å². The van der Waals surface area contributed by atoms with E-state index in [1.54, 1.807) is 17.0 Å². The largest absolute Gasteiger partial charge is 0.417 e. The van der Waals surface area contributed by atoms with Gasteiger partial charge >= 0.3 is 6.18 Å². The van der Waals surface area contributed by atoms with Crippen molar-refractivity contribution in [3.63, 3.8) is 0 Å². The first kappa shape index (κ1) is 22.5. The summed E-state index contributed by atoms with van der Waals surface area (Å²) >= 11 is 0. The van der Waals surface area contributed by atoms with E-state index < -0.39 is 23.2 Å². The average molecular weight is 432 g/mol. The molecule has 8 heteroatoms. The van der Waals surface area contributed by atoms with Crippen molar-refractivity contribution in [3.05, 3.63) is 70.8 Å². The van der Waals surface area contributed by atoms with E-state index in [0.29, 0.717) is 5.56 Å². The van der Waals surface area contributed by atoms with E-state index in [4.69, 9.17) is 0 Å². The highest BCUT2D eigenvalue weighted by Gasteiger charge is 2.36. The molecular weight excluding hydrogens is 409 g/mol. The lowest BCUT2D eigenvalue weighted by molar-refractivity contribution is -0.138. The maximum absolute atomic E-state index is 13.2. The molecule has 0 spiro atoms. The highest BCUT2D eigenvalue weighted by Crippen LogP contribution is 2.32. The summed E-state index contributed by atoms with van der Waals surface area (Å²) in [5, 5.41) is 0. The number of piperazine rings is 1. The maximum Gasteiger partial charge on any atom is 0.417 e. The third kappa shape index (κ3) is 5.51. The van der Waals surface area contributed by atoms with E-state index in [1.807, 2.05) is 19.1 Å². The summed E-state index contributed by atoms with van der Waals surface area (Å²) in [5.74, 6) is -1.02. The minimum atomic E-state index is -4.62. The fourth-order valence-electron chi connectivity index (χ4n) is 3.51. The summed E-state index contributed by atoms with van der Waals surface area (Å²) in [7, 11) is 0. The van der Waals surface area contributed by atoms with Gasteiger partial charge in [0.25, 0.3) is 5.91 Å². The molecule has 1 aliphatic rings. The van der Waals surface area contributed by atoms with E-state index in [2.05, 4.69) is 0 Å². The molecule has 31 heavy (non-hydrogen) atoms. The highest BCUT2D eigenvalue weighted by molar-refractivity contribution is 5.98. The molecule has 0 unspecified atom stereocenters. The van der Waals surface area contributed by atoms with Gasteiger partial charge in [0.1, 0.15) is 0 Å². The van der Waals surface area contributed by atoms with Gasteiger partial charge in [-0.1, -0.05) is 42.0 Å². The zero-order valence-corrected chi connectivity index (χ0v) is 17.1. The molecule has 2 amide bonds. The Hall–Kier alpha value is -3.16. The number of nitrogens with zero attached hydrogens (tertiary/aromatic N) is 2. The van der Waals surface area contributed by atoms with Crippen molar-refractivity contribution in [2.24, 2.45) is 0 Å². The van der Waals surface area contributed by atoms with Gasteiger partial charge in [-0.2, -0.15) is 13.2 Å². The van der Waals surface area contributed by atoms with Gasteiger partial charge in [0.2, 0.25) is 5.91 Å². The molecule has 1 fully saturated rings. The lowest BCUT2D eigenvalue weighted by Crippen LogP contribution is -2.50. The summed E-state index contributed by atoms with van der Waals surface area (Å²) in [6.07, 6.45) is -4.48. The summed E-state index contributed by atoms with van der Waals surface area (Å²) < 4.78 is 39.6. The number of alkyl halides is 3. The topological polar surface area (TPSA) is 57.7 Å². The smallest absolute Gasteiger partial charge is 0.339 e. The number of amides is 2. The Bertz CT molecular complexity index is 963. The Kier molecular flexibility index (Phi) is 6.77. The maximum atomic E-state index is 13.2. The molecule has 1 saturated heterocycles. The van der Waals surface area contributed by atoms with Gasteiger partial charge in [-0.3, -0.25) is 14.4 Å². The second kappa shape index (κ2) is 9.32. The predicted molar refractivity (Wildman–Crippen MR) is 109 cm³/mol. The second-order valence-electron chi connectivity index (χ2n) is 7.51. The van der Waals surface area contributed by atoms with Crippen molar-refractivity contribution < 1.29 is 27.6 Å². The van der Waals surface area contributed by atoms with Gasteiger partial charge in [0.15, 0.2) is 5.78 Å². The first-order chi connectivity index (χ1) is 14.7. The van der Waals surface area contributed by atoms with E-state index in [-0.39, 0.29) is 50.7 Å². The van der Waals surface area contributed by atoms with Crippen LogP contribution in [-0.4, -0.2) is 53.6 Å². The molecule has 0 aliphatic carbocycles. The fourth-order valence-corrected chi connectivity index (χ4v) is 3.51. The van der Waals surface area contributed by atoms with Crippen LogP contribution in [0.5, 0.6) is 0 Å². The van der Waals surface area contributed by atoms with Crippen molar-refractivity contribution >= 4 is 17.6 Å². The number of hydrogen-bond acceptors (Lipinski definition) is 3. The average Bonchev–Trinajstić information content (AvgIpc) is 2.76. The van der Waals surface area contributed by atoms with Crippen molar-refractivity contribution in [2.45, 2.75) is 25.9 Å². The molecule has 0 atom stereocenters. The molecule has 1 aliphatic heterocycles. The highest BCUT2D eigenvalue weighted by atomic mass is 19.4. The fraction of sp³-hybridized carbons (Fsp3) is 0.348. The van der Waals surface area contributed by atoms with Gasteiger partial charge in [-0.05, 0) is 19.1 Å². The molecule has 5 nitrogen and oxygen atoms in total. The first-order valence-electron chi connectivity index (χ1n) is 10.00. The molecule has 2 aromatic carbocycles. The Balaban J connectivity index is 1.53. The monoisotopic (exact) mass is 432 g/mol. The van der Waals surface area contributed by atoms with Gasteiger partial charge < -0.3 is 9.80 Å². The molecule has 0 bridgehead atoms. The standard InChI is InChI=1S/C23H23F3N2O3/c1-16-6-8-17(9-7-16)20(29)10-11-21(30)27-12-14-28(15-13-27)22(31)18-4-2-3-5-19(18)23(24,25)26/h2-9H,10-15H2,1H3. The van der Waals surface area contributed by atoms with E-state index in [1.165, 1.54) is 23.1 Å². The molecule has 3 rings (SSSR count). The van der Waals surface area contributed by atoms with Crippen molar-refractivity contribution in [2.75, 3.05) is 26.2 Å². The molecule has 0 radical (unpaired) electrons. The summed E-state index contributed by atoms with van der Waals surface area (Å²) in [5.41, 5.74) is 0.238. The minimum absolute atomic E-state index is 0.0531. The third-order valence-corrected chi connectivity index (χ3v) is 5.32. The Labute approximate surface area is 178 Å². The van der Waals surface area contributed by atoms with Crippen molar-refractivity contribution in [1.29, 1.82) is 0 Å². The predicted octanol–water partition coefficient (Wildman–Crippen LogP) is 3.96. The van der Waals surface area contributed by atoms with Gasteiger partial charge in [-0.25, -0.2) is 0 Å². The summed E-state index contributed by atoms with van der Waals surface area (Å²) in [6, 6.07) is 11.8. The van der Waals surface area contributed by atoms with Crippen LogP contribution in [-0.2, 0) is 11.0 Å². The molecular formula is C23H23F3N2O3. The number of hydrogen-bond donors (Lipinski definition) is 0. The number of halogens is 3. The van der Waals surface area contributed by atoms with Crippen LogP contribution in [0.25, 0.3) is 0 Å².